The van der Waals surface area contributed by atoms with Crippen molar-refractivity contribution in [2.75, 3.05) is 6.54 Å². The molecule has 1 N–H and O–H groups in total. The molecule has 0 aromatic carbocycles. The number of nitrogens with zero attached hydrogens (tertiary/aromatic N) is 2. The highest BCUT2D eigenvalue weighted by atomic mass is 32.1. The van der Waals surface area contributed by atoms with Crippen LogP contribution < -0.4 is 5.32 Å². The van der Waals surface area contributed by atoms with Crippen LogP contribution in [0, 0.1) is 13.8 Å². The van der Waals surface area contributed by atoms with Gasteiger partial charge in [-0.2, -0.15) is 0 Å². The Hall–Kier alpha value is -1.96. The highest BCUT2D eigenvalue weighted by molar-refractivity contribution is 7.10. The molecule has 7 heteroatoms. The maximum atomic E-state index is 12.8. The number of carbonyl (C=O) groups excluding carboxylic acids is 1. The summed E-state index contributed by atoms with van der Waals surface area (Å²) in [5.41, 5.74) is 4.20. The molecule has 3 aromatic rings. The summed E-state index contributed by atoms with van der Waals surface area (Å²) in [6, 6.07) is 4.11. The lowest BCUT2D eigenvalue weighted by Crippen LogP contribution is -2.31. The third-order valence-corrected chi connectivity index (χ3v) is 7.22. The number of aryl methyl sites for hydroxylation is 2. The average Bonchev–Trinajstić information content (AvgIpc) is 3.38. The zero-order chi connectivity index (χ0) is 19.0. The SMILES string of the molecule is Cc1noc(C)c1CN1CCc2c(C(=O)NC(C)c3cccs3)csc2C1. The number of hydrogen-bond acceptors (Lipinski definition) is 6. The number of nitrogens with one attached hydrogen (secondary N) is 1. The lowest BCUT2D eigenvalue weighted by Gasteiger charge is -2.27. The number of aromatic nitrogens is 1. The van der Waals surface area contributed by atoms with Crippen LogP contribution >= 0.6 is 22.7 Å². The van der Waals surface area contributed by atoms with Crippen molar-refractivity contribution in [3.05, 3.63) is 60.8 Å². The predicted molar refractivity (Wildman–Crippen MR) is 108 cm³/mol. The molecule has 142 valence electrons. The molecule has 1 aliphatic heterocycles. The summed E-state index contributed by atoms with van der Waals surface area (Å²) in [6.45, 7) is 8.65. The molecule has 1 atom stereocenters. The molecule has 0 bridgehead atoms. The van der Waals surface area contributed by atoms with Crippen molar-refractivity contribution in [1.82, 2.24) is 15.4 Å². The Labute approximate surface area is 167 Å². The fourth-order valence-corrected chi connectivity index (χ4v) is 5.40. The van der Waals surface area contributed by atoms with Gasteiger partial charge in [0.05, 0.1) is 17.3 Å². The molecule has 0 saturated heterocycles. The van der Waals surface area contributed by atoms with E-state index in [0.717, 1.165) is 43.1 Å². The van der Waals surface area contributed by atoms with Crippen LogP contribution in [-0.2, 0) is 19.5 Å². The van der Waals surface area contributed by atoms with Crippen LogP contribution in [0.25, 0.3) is 0 Å². The highest BCUT2D eigenvalue weighted by Gasteiger charge is 2.25. The minimum Gasteiger partial charge on any atom is -0.361 e. The van der Waals surface area contributed by atoms with Gasteiger partial charge in [-0.3, -0.25) is 9.69 Å². The Morgan fingerprint density at radius 2 is 2.26 bits per heavy atom. The molecule has 1 aliphatic rings. The zero-order valence-electron chi connectivity index (χ0n) is 15.7. The molecule has 0 aliphatic carbocycles. The Morgan fingerprint density at radius 1 is 1.41 bits per heavy atom. The summed E-state index contributed by atoms with van der Waals surface area (Å²) in [4.78, 5) is 17.7. The topological polar surface area (TPSA) is 58.4 Å². The van der Waals surface area contributed by atoms with Crippen LogP contribution in [0.2, 0.25) is 0 Å². The zero-order valence-corrected chi connectivity index (χ0v) is 17.4. The number of fused-ring (bicyclic) bond motifs is 1. The molecule has 1 unspecified atom stereocenters. The quantitative estimate of drug-likeness (QED) is 0.686. The van der Waals surface area contributed by atoms with E-state index in [2.05, 4.69) is 21.4 Å². The summed E-state index contributed by atoms with van der Waals surface area (Å²) in [6.07, 6.45) is 0.901. The Balaban J connectivity index is 1.44. The Morgan fingerprint density at radius 3 is 2.96 bits per heavy atom. The van der Waals surface area contributed by atoms with Gasteiger partial charge in [0.15, 0.2) is 0 Å². The minimum atomic E-state index is 0.0348. The van der Waals surface area contributed by atoms with Crippen molar-refractivity contribution in [1.29, 1.82) is 0 Å². The third kappa shape index (κ3) is 3.72. The average molecular weight is 402 g/mol. The van der Waals surface area contributed by atoms with E-state index in [1.807, 2.05) is 37.6 Å². The first-order valence-electron chi connectivity index (χ1n) is 9.10. The van der Waals surface area contributed by atoms with Crippen LogP contribution in [0.5, 0.6) is 0 Å². The predicted octanol–water partition coefficient (Wildman–Crippen LogP) is 4.46. The van der Waals surface area contributed by atoms with Gasteiger partial charge in [0.25, 0.3) is 5.91 Å². The van der Waals surface area contributed by atoms with Crippen molar-refractivity contribution in [2.24, 2.45) is 0 Å². The molecule has 0 saturated carbocycles. The van der Waals surface area contributed by atoms with E-state index in [9.17, 15) is 4.79 Å². The smallest absolute Gasteiger partial charge is 0.252 e. The van der Waals surface area contributed by atoms with Gasteiger partial charge in [-0.05, 0) is 44.2 Å². The van der Waals surface area contributed by atoms with Gasteiger partial charge in [0, 0.05) is 40.3 Å². The van der Waals surface area contributed by atoms with E-state index in [1.165, 1.54) is 20.9 Å². The number of amides is 1. The first-order valence-corrected chi connectivity index (χ1v) is 10.9. The second kappa shape index (κ2) is 7.58. The van der Waals surface area contributed by atoms with E-state index in [1.54, 1.807) is 22.7 Å². The minimum absolute atomic E-state index is 0.0348. The first-order chi connectivity index (χ1) is 13.0. The number of rotatable bonds is 5. The highest BCUT2D eigenvalue weighted by Crippen LogP contribution is 2.30. The number of thiophene rings is 2. The van der Waals surface area contributed by atoms with Crippen LogP contribution in [0.3, 0.4) is 0 Å². The van der Waals surface area contributed by atoms with Gasteiger partial charge in [-0.25, -0.2) is 0 Å². The molecule has 0 spiro atoms. The maximum Gasteiger partial charge on any atom is 0.252 e. The summed E-state index contributed by atoms with van der Waals surface area (Å²) in [5.74, 6) is 0.930. The van der Waals surface area contributed by atoms with Gasteiger partial charge in [0.2, 0.25) is 0 Å². The van der Waals surface area contributed by atoms with Gasteiger partial charge in [-0.15, -0.1) is 22.7 Å². The van der Waals surface area contributed by atoms with Crippen LogP contribution in [0.15, 0.2) is 27.4 Å². The molecule has 4 heterocycles. The van der Waals surface area contributed by atoms with Gasteiger partial charge >= 0.3 is 0 Å². The van der Waals surface area contributed by atoms with E-state index in [4.69, 9.17) is 4.52 Å². The summed E-state index contributed by atoms with van der Waals surface area (Å²) < 4.78 is 5.28. The largest absolute Gasteiger partial charge is 0.361 e. The monoisotopic (exact) mass is 401 g/mol. The van der Waals surface area contributed by atoms with Crippen molar-refractivity contribution in [3.63, 3.8) is 0 Å². The molecular weight excluding hydrogens is 378 g/mol. The summed E-state index contributed by atoms with van der Waals surface area (Å²) in [7, 11) is 0. The lowest BCUT2D eigenvalue weighted by atomic mass is 10.0. The fraction of sp³-hybridized carbons (Fsp3) is 0.400. The summed E-state index contributed by atoms with van der Waals surface area (Å²) >= 11 is 3.36. The number of carbonyl (C=O) groups is 1. The van der Waals surface area contributed by atoms with Gasteiger partial charge < -0.3 is 9.84 Å². The van der Waals surface area contributed by atoms with Crippen LogP contribution in [-0.4, -0.2) is 22.5 Å². The third-order valence-electron chi connectivity index (χ3n) is 5.15. The molecule has 1 amide bonds. The number of hydrogen-bond donors (Lipinski definition) is 1. The molecule has 0 radical (unpaired) electrons. The van der Waals surface area contributed by atoms with E-state index < -0.39 is 0 Å². The van der Waals surface area contributed by atoms with Crippen LogP contribution in [0.1, 0.15) is 55.7 Å². The second-order valence-corrected chi connectivity index (χ2v) is 8.97. The van der Waals surface area contributed by atoms with E-state index in [0.29, 0.717) is 0 Å². The molecule has 3 aromatic heterocycles. The van der Waals surface area contributed by atoms with Crippen molar-refractivity contribution in [3.8, 4) is 0 Å². The molecule has 4 rings (SSSR count). The second-order valence-electron chi connectivity index (χ2n) is 7.03. The first kappa shape index (κ1) is 18.4. The normalized spacial score (nSPS) is 15.5. The van der Waals surface area contributed by atoms with Crippen molar-refractivity contribution < 1.29 is 9.32 Å². The van der Waals surface area contributed by atoms with E-state index >= 15 is 0 Å². The standard InChI is InChI=1S/C20H23N3O2S2/c1-12-16(14(3)25-22-12)9-23-7-6-15-17(11-27-19(15)10-23)20(24)21-13(2)18-5-4-8-26-18/h4-5,8,11,13H,6-7,9-10H2,1-3H3,(H,21,24). The molecule has 0 fully saturated rings. The lowest BCUT2D eigenvalue weighted by molar-refractivity contribution is 0.0939. The van der Waals surface area contributed by atoms with Gasteiger partial charge in [0.1, 0.15) is 5.76 Å². The molecule has 5 nitrogen and oxygen atoms in total. The molecular formula is C20H23N3O2S2. The Bertz CT molecular complexity index is 923. The van der Waals surface area contributed by atoms with E-state index in [-0.39, 0.29) is 11.9 Å². The van der Waals surface area contributed by atoms with Gasteiger partial charge in [-0.1, -0.05) is 11.2 Å². The van der Waals surface area contributed by atoms with Crippen LogP contribution in [0.4, 0.5) is 0 Å². The molecule has 27 heavy (non-hydrogen) atoms. The maximum absolute atomic E-state index is 12.8. The summed E-state index contributed by atoms with van der Waals surface area (Å²) in [5, 5.41) is 11.2. The van der Waals surface area contributed by atoms with Crippen molar-refractivity contribution in [2.45, 2.75) is 46.3 Å². The van der Waals surface area contributed by atoms with Crippen molar-refractivity contribution >= 4 is 28.6 Å². The Kier molecular flexibility index (Phi) is 5.16. The fourth-order valence-electron chi connectivity index (χ4n) is 3.54.